The summed E-state index contributed by atoms with van der Waals surface area (Å²) < 4.78 is 2.06. The van der Waals surface area contributed by atoms with Crippen LogP contribution in [0.4, 0.5) is 0 Å². The lowest BCUT2D eigenvalue weighted by atomic mass is 9.76. The van der Waals surface area contributed by atoms with Crippen molar-refractivity contribution in [2.24, 2.45) is 11.3 Å². The van der Waals surface area contributed by atoms with Gasteiger partial charge < -0.3 is 5.32 Å². The van der Waals surface area contributed by atoms with Gasteiger partial charge in [-0.25, -0.2) is 4.98 Å². The highest BCUT2D eigenvalue weighted by Crippen LogP contribution is 2.44. The van der Waals surface area contributed by atoms with Gasteiger partial charge in [0.2, 0.25) is 0 Å². The van der Waals surface area contributed by atoms with E-state index in [2.05, 4.69) is 47.9 Å². The van der Waals surface area contributed by atoms with E-state index in [9.17, 15) is 0 Å². The van der Waals surface area contributed by atoms with Crippen molar-refractivity contribution in [1.82, 2.24) is 20.1 Å². The van der Waals surface area contributed by atoms with Gasteiger partial charge in [-0.2, -0.15) is 5.10 Å². The van der Waals surface area contributed by atoms with Gasteiger partial charge in [0.05, 0.1) is 0 Å². The van der Waals surface area contributed by atoms with E-state index in [1.807, 2.05) is 0 Å². The molecule has 2 rings (SSSR count). The summed E-state index contributed by atoms with van der Waals surface area (Å²) in [6.07, 6.45) is 7.83. The number of aryl methyl sites for hydroxylation is 1. The molecule has 2 unspecified atom stereocenters. The molecule has 4 nitrogen and oxygen atoms in total. The average Bonchev–Trinajstić information content (AvgIpc) is 2.93. The van der Waals surface area contributed by atoms with E-state index in [4.69, 9.17) is 0 Å². The van der Waals surface area contributed by atoms with Gasteiger partial charge in [0.1, 0.15) is 12.2 Å². The van der Waals surface area contributed by atoms with Crippen molar-refractivity contribution >= 4 is 0 Å². The Labute approximate surface area is 117 Å². The van der Waals surface area contributed by atoms with Crippen LogP contribution in [0.2, 0.25) is 0 Å². The van der Waals surface area contributed by atoms with Gasteiger partial charge in [-0.15, -0.1) is 0 Å². The Bertz CT molecular complexity index is 397. The molecule has 1 aliphatic carbocycles. The van der Waals surface area contributed by atoms with E-state index in [0.29, 0.717) is 11.5 Å². The standard InChI is InChI=1S/C15H28N4/c1-5-9-19-14(17-11-18-19)10-13(16-4)12-7-6-8-15(12,2)3/h11-13,16H,5-10H2,1-4H3. The smallest absolute Gasteiger partial charge is 0.138 e. The molecule has 4 heteroatoms. The van der Waals surface area contributed by atoms with Crippen LogP contribution < -0.4 is 5.32 Å². The number of hydrogen-bond acceptors (Lipinski definition) is 3. The van der Waals surface area contributed by atoms with Crippen LogP contribution in [0.15, 0.2) is 6.33 Å². The van der Waals surface area contributed by atoms with E-state index in [-0.39, 0.29) is 0 Å². The summed E-state index contributed by atoms with van der Waals surface area (Å²) in [6, 6.07) is 0.511. The predicted molar refractivity (Wildman–Crippen MR) is 78.0 cm³/mol. The van der Waals surface area contributed by atoms with Crippen molar-refractivity contribution in [3.05, 3.63) is 12.2 Å². The molecule has 0 saturated heterocycles. The summed E-state index contributed by atoms with van der Waals surface area (Å²) in [6.45, 7) is 7.97. The van der Waals surface area contributed by atoms with Crippen LogP contribution >= 0.6 is 0 Å². The number of nitrogens with zero attached hydrogens (tertiary/aromatic N) is 3. The second-order valence-electron chi connectivity index (χ2n) is 6.49. The van der Waals surface area contributed by atoms with E-state index >= 15 is 0 Å². The van der Waals surface area contributed by atoms with Crippen LogP contribution in [0, 0.1) is 11.3 Å². The fraction of sp³-hybridized carbons (Fsp3) is 0.867. The zero-order valence-corrected chi connectivity index (χ0v) is 12.8. The minimum absolute atomic E-state index is 0.448. The number of nitrogens with one attached hydrogen (secondary N) is 1. The lowest BCUT2D eigenvalue weighted by molar-refractivity contribution is 0.199. The van der Waals surface area contributed by atoms with Crippen molar-refractivity contribution in [1.29, 1.82) is 0 Å². The Morgan fingerprint density at radius 1 is 1.53 bits per heavy atom. The molecule has 0 amide bonds. The van der Waals surface area contributed by atoms with Gasteiger partial charge in [-0.05, 0) is 37.6 Å². The van der Waals surface area contributed by atoms with Crippen LogP contribution in [0.3, 0.4) is 0 Å². The second-order valence-corrected chi connectivity index (χ2v) is 6.49. The van der Waals surface area contributed by atoms with Crippen LogP contribution in [-0.2, 0) is 13.0 Å². The van der Waals surface area contributed by atoms with Gasteiger partial charge in [-0.3, -0.25) is 4.68 Å². The number of hydrogen-bond donors (Lipinski definition) is 1. The first-order valence-corrected chi connectivity index (χ1v) is 7.62. The number of rotatable bonds is 6. The third kappa shape index (κ3) is 3.16. The van der Waals surface area contributed by atoms with E-state index in [1.54, 1.807) is 6.33 Å². The topological polar surface area (TPSA) is 42.7 Å². The predicted octanol–water partition coefficient (Wildman–Crippen LogP) is 2.64. The van der Waals surface area contributed by atoms with Gasteiger partial charge >= 0.3 is 0 Å². The summed E-state index contributed by atoms with van der Waals surface area (Å²) in [7, 11) is 2.08. The maximum absolute atomic E-state index is 4.45. The zero-order valence-electron chi connectivity index (χ0n) is 12.8. The molecule has 0 bridgehead atoms. The molecule has 2 atom stereocenters. The fourth-order valence-electron chi connectivity index (χ4n) is 3.59. The molecule has 1 aliphatic rings. The maximum atomic E-state index is 4.45. The maximum Gasteiger partial charge on any atom is 0.138 e. The Morgan fingerprint density at radius 2 is 2.32 bits per heavy atom. The molecule has 1 N–H and O–H groups in total. The summed E-state index contributed by atoms with van der Waals surface area (Å²) in [5, 5.41) is 7.86. The molecule has 1 fully saturated rings. The quantitative estimate of drug-likeness (QED) is 0.859. The molecule has 1 heterocycles. The van der Waals surface area contributed by atoms with Crippen LogP contribution in [-0.4, -0.2) is 27.9 Å². The lowest BCUT2D eigenvalue weighted by Gasteiger charge is -2.34. The molecular weight excluding hydrogens is 236 g/mol. The molecule has 19 heavy (non-hydrogen) atoms. The van der Waals surface area contributed by atoms with Crippen molar-refractivity contribution < 1.29 is 0 Å². The summed E-state index contributed by atoms with van der Waals surface area (Å²) in [5.74, 6) is 1.87. The van der Waals surface area contributed by atoms with Gasteiger partial charge in [-0.1, -0.05) is 27.2 Å². The van der Waals surface area contributed by atoms with Crippen LogP contribution in [0.5, 0.6) is 0 Å². The van der Waals surface area contributed by atoms with Crippen LogP contribution in [0.25, 0.3) is 0 Å². The first kappa shape index (κ1) is 14.5. The molecule has 1 aromatic heterocycles. The molecule has 0 radical (unpaired) electrons. The first-order valence-electron chi connectivity index (χ1n) is 7.62. The van der Waals surface area contributed by atoms with Gasteiger partial charge in [0, 0.05) is 19.0 Å². The second kappa shape index (κ2) is 6.04. The molecule has 108 valence electrons. The monoisotopic (exact) mass is 264 g/mol. The van der Waals surface area contributed by atoms with Gasteiger partial charge in [0.15, 0.2) is 0 Å². The molecule has 1 saturated carbocycles. The molecule has 0 aromatic carbocycles. The zero-order chi connectivity index (χ0) is 13.9. The Kier molecular flexibility index (Phi) is 4.61. The normalized spacial score (nSPS) is 23.7. The third-order valence-corrected chi connectivity index (χ3v) is 4.73. The van der Waals surface area contributed by atoms with Crippen LogP contribution in [0.1, 0.15) is 52.3 Å². The third-order valence-electron chi connectivity index (χ3n) is 4.73. The molecule has 0 aliphatic heterocycles. The van der Waals surface area contributed by atoms with E-state index in [1.165, 1.54) is 19.3 Å². The minimum atomic E-state index is 0.448. The Morgan fingerprint density at radius 3 is 2.89 bits per heavy atom. The van der Waals surface area contributed by atoms with E-state index < -0.39 is 0 Å². The summed E-state index contributed by atoms with van der Waals surface area (Å²) >= 11 is 0. The number of aromatic nitrogens is 3. The van der Waals surface area contributed by atoms with Gasteiger partial charge in [0.25, 0.3) is 0 Å². The SMILES string of the molecule is CCCn1ncnc1CC(NC)C1CCCC1(C)C. The number of likely N-dealkylation sites (N-methyl/N-ethyl adjacent to an activating group) is 1. The van der Waals surface area contributed by atoms with E-state index in [0.717, 1.165) is 31.1 Å². The summed E-state index contributed by atoms with van der Waals surface area (Å²) in [5.41, 5.74) is 0.448. The fourth-order valence-corrected chi connectivity index (χ4v) is 3.59. The molecule has 1 aromatic rings. The highest BCUT2D eigenvalue weighted by molar-refractivity contribution is 4.98. The van der Waals surface area contributed by atoms with Crippen molar-refractivity contribution in [2.45, 2.75) is 65.5 Å². The average molecular weight is 264 g/mol. The first-order chi connectivity index (χ1) is 9.08. The summed E-state index contributed by atoms with van der Waals surface area (Å²) in [4.78, 5) is 4.45. The van der Waals surface area contributed by atoms with Crippen molar-refractivity contribution in [3.63, 3.8) is 0 Å². The highest BCUT2D eigenvalue weighted by Gasteiger charge is 2.39. The highest BCUT2D eigenvalue weighted by atomic mass is 15.3. The van der Waals surface area contributed by atoms with Crippen molar-refractivity contribution in [3.8, 4) is 0 Å². The largest absolute Gasteiger partial charge is 0.316 e. The lowest BCUT2D eigenvalue weighted by Crippen LogP contribution is -2.41. The van der Waals surface area contributed by atoms with Crippen molar-refractivity contribution in [2.75, 3.05) is 7.05 Å². The Balaban J connectivity index is 2.08. The Hall–Kier alpha value is -0.900. The minimum Gasteiger partial charge on any atom is -0.316 e. The molecule has 0 spiro atoms. The molecular formula is C15H28N4.